The lowest BCUT2D eigenvalue weighted by atomic mass is 10.3. The molecular weight excluding hydrogens is 264 g/mol. The average Bonchev–Trinajstić information content (AvgIpc) is 2.67. The van der Waals surface area contributed by atoms with Gasteiger partial charge in [-0.05, 0) is 19.9 Å². The van der Waals surface area contributed by atoms with Crippen molar-refractivity contribution in [2.75, 3.05) is 5.88 Å². The van der Waals surface area contributed by atoms with Gasteiger partial charge in [-0.2, -0.15) is 0 Å². The molecule has 102 valence electrons. The number of nitrogens with zero attached hydrogens (tertiary/aromatic N) is 3. The summed E-state index contributed by atoms with van der Waals surface area (Å²) in [5.74, 6) is 1.27. The zero-order chi connectivity index (χ0) is 13.8. The molecule has 0 fully saturated rings. The van der Waals surface area contributed by atoms with Crippen molar-refractivity contribution in [2.24, 2.45) is 0 Å². The Bertz CT molecular complexity index is 579. The number of imidazole rings is 1. The van der Waals surface area contributed by atoms with Crippen LogP contribution in [0.4, 0.5) is 0 Å². The Morgan fingerprint density at radius 3 is 3.00 bits per heavy atom. The van der Waals surface area contributed by atoms with Crippen molar-refractivity contribution in [3.8, 4) is 0 Å². The van der Waals surface area contributed by atoms with Gasteiger partial charge in [0.2, 0.25) is 5.91 Å². The van der Waals surface area contributed by atoms with Crippen LogP contribution in [-0.4, -0.2) is 32.4 Å². The minimum atomic E-state index is -0.0260. The fourth-order valence-electron chi connectivity index (χ4n) is 1.99. The topological polar surface area (TPSA) is 59.8 Å². The molecule has 1 N–H and O–H groups in total. The summed E-state index contributed by atoms with van der Waals surface area (Å²) in [6, 6.07) is 1.99. The summed E-state index contributed by atoms with van der Waals surface area (Å²) >= 11 is 5.79. The van der Waals surface area contributed by atoms with Crippen LogP contribution in [0.2, 0.25) is 0 Å². The quantitative estimate of drug-likeness (QED) is 0.849. The number of fused-ring (bicyclic) bond motifs is 1. The third-order valence-electron chi connectivity index (χ3n) is 2.70. The Morgan fingerprint density at radius 1 is 1.53 bits per heavy atom. The first kappa shape index (κ1) is 13.8. The zero-order valence-electron chi connectivity index (χ0n) is 11.1. The lowest BCUT2D eigenvalue weighted by molar-refractivity contribution is -0.122. The van der Waals surface area contributed by atoms with Gasteiger partial charge in [-0.1, -0.05) is 0 Å². The predicted octanol–water partition coefficient (Wildman–Crippen LogP) is 1.74. The fraction of sp³-hybridized carbons (Fsp3) is 0.462. The number of pyridine rings is 1. The highest BCUT2D eigenvalue weighted by atomic mass is 35.5. The van der Waals surface area contributed by atoms with Crippen LogP contribution in [0.25, 0.3) is 11.0 Å². The van der Waals surface area contributed by atoms with E-state index in [1.54, 1.807) is 12.4 Å². The van der Waals surface area contributed by atoms with Gasteiger partial charge < -0.3 is 9.88 Å². The molecule has 1 amide bonds. The van der Waals surface area contributed by atoms with Gasteiger partial charge in [-0.3, -0.25) is 9.78 Å². The third kappa shape index (κ3) is 3.23. The summed E-state index contributed by atoms with van der Waals surface area (Å²) in [6.07, 6.45) is 4.03. The maximum atomic E-state index is 11.9. The molecule has 0 aromatic carbocycles. The van der Waals surface area contributed by atoms with E-state index in [0.717, 1.165) is 16.9 Å². The van der Waals surface area contributed by atoms with Crippen LogP contribution in [-0.2, 0) is 17.8 Å². The van der Waals surface area contributed by atoms with Gasteiger partial charge in [0.15, 0.2) is 0 Å². The number of carbonyl (C=O) groups is 1. The van der Waals surface area contributed by atoms with Crippen molar-refractivity contribution in [3.63, 3.8) is 0 Å². The third-order valence-corrected chi connectivity index (χ3v) is 2.89. The van der Waals surface area contributed by atoms with Crippen LogP contribution in [0.1, 0.15) is 19.7 Å². The lowest BCUT2D eigenvalue weighted by Gasteiger charge is -2.11. The normalized spacial score (nSPS) is 11.2. The molecule has 0 bridgehead atoms. The Labute approximate surface area is 117 Å². The van der Waals surface area contributed by atoms with E-state index in [1.165, 1.54) is 0 Å². The summed E-state index contributed by atoms with van der Waals surface area (Å²) in [5, 5.41) is 2.88. The molecule has 0 spiro atoms. The molecular formula is C13H17ClN4O. The van der Waals surface area contributed by atoms with Gasteiger partial charge in [-0.15, -0.1) is 11.6 Å². The Balaban J connectivity index is 2.33. The first-order valence-corrected chi connectivity index (χ1v) is 6.79. The number of nitrogens with one attached hydrogen (secondary N) is 1. The van der Waals surface area contributed by atoms with Gasteiger partial charge >= 0.3 is 0 Å². The highest BCUT2D eigenvalue weighted by Crippen LogP contribution is 2.15. The van der Waals surface area contributed by atoms with Crippen molar-refractivity contribution in [2.45, 2.75) is 32.9 Å². The van der Waals surface area contributed by atoms with Crippen molar-refractivity contribution in [1.82, 2.24) is 19.9 Å². The largest absolute Gasteiger partial charge is 0.352 e. The second-order valence-electron chi connectivity index (χ2n) is 4.64. The van der Waals surface area contributed by atoms with E-state index in [-0.39, 0.29) is 18.5 Å². The van der Waals surface area contributed by atoms with Crippen LogP contribution >= 0.6 is 11.6 Å². The number of carbonyl (C=O) groups excluding carboxylic acids is 1. The van der Waals surface area contributed by atoms with E-state index in [2.05, 4.69) is 15.3 Å². The van der Waals surface area contributed by atoms with Crippen molar-refractivity contribution in [3.05, 3.63) is 24.3 Å². The molecule has 0 radical (unpaired) electrons. The Hall–Kier alpha value is -1.62. The number of amides is 1. The number of hydrogen-bond donors (Lipinski definition) is 1. The van der Waals surface area contributed by atoms with Gasteiger partial charge in [-0.25, -0.2) is 4.98 Å². The summed E-state index contributed by atoms with van der Waals surface area (Å²) < 4.78 is 1.90. The molecule has 2 aromatic rings. The fourth-order valence-corrected chi connectivity index (χ4v) is 2.16. The van der Waals surface area contributed by atoms with E-state index in [1.807, 2.05) is 24.5 Å². The van der Waals surface area contributed by atoms with Crippen LogP contribution in [0.3, 0.4) is 0 Å². The van der Waals surface area contributed by atoms with Gasteiger partial charge in [0.25, 0.3) is 0 Å². The molecule has 0 aliphatic rings. The van der Waals surface area contributed by atoms with Crippen LogP contribution in [0.5, 0.6) is 0 Å². The first-order chi connectivity index (χ1) is 9.11. The molecule has 2 rings (SSSR count). The minimum Gasteiger partial charge on any atom is -0.352 e. The monoisotopic (exact) mass is 280 g/mol. The van der Waals surface area contributed by atoms with Crippen molar-refractivity contribution >= 4 is 28.5 Å². The maximum absolute atomic E-state index is 11.9. The molecule has 0 atom stereocenters. The molecule has 0 saturated carbocycles. The highest BCUT2D eigenvalue weighted by Gasteiger charge is 2.13. The molecule has 5 nitrogen and oxygen atoms in total. The average molecular weight is 281 g/mol. The standard InChI is InChI=1S/C13H17ClN4O/c1-9(2)16-13(19)8-18-11-4-6-15-7-10(11)17-12(18)3-5-14/h4,6-7,9H,3,5,8H2,1-2H3,(H,16,19). The van der Waals surface area contributed by atoms with Crippen LogP contribution in [0, 0.1) is 0 Å². The van der Waals surface area contributed by atoms with Gasteiger partial charge in [0.05, 0.1) is 11.7 Å². The molecule has 0 aliphatic carbocycles. The molecule has 2 heterocycles. The van der Waals surface area contributed by atoms with E-state index in [0.29, 0.717) is 12.3 Å². The molecule has 0 unspecified atom stereocenters. The summed E-state index contributed by atoms with van der Waals surface area (Å²) in [4.78, 5) is 20.4. The number of aromatic nitrogens is 3. The maximum Gasteiger partial charge on any atom is 0.240 e. The number of hydrogen-bond acceptors (Lipinski definition) is 3. The van der Waals surface area contributed by atoms with Crippen molar-refractivity contribution in [1.29, 1.82) is 0 Å². The number of rotatable bonds is 5. The first-order valence-electron chi connectivity index (χ1n) is 6.26. The minimum absolute atomic E-state index is 0.0260. The van der Waals surface area contributed by atoms with Gasteiger partial charge in [0.1, 0.15) is 17.9 Å². The predicted molar refractivity (Wildman–Crippen MR) is 75.2 cm³/mol. The summed E-state index contributed by atoms with van der Waals surface area (Å²) in [5.41, 5.74) is 1.70. The van der Waals surface area contributed by atoms with E-state index in [9.17, 15) is 4.79 Å². The second kappa shape index (κ2) is 6.02. The molecule has 6 heteroatoms. The van der Waals surface area contributed by atoms with Crippen LogP contribution in [0.15, 0.2) is 18.5 Å². The van der Waals surface area contributed by atoms with Gasteiger partial charge in [0, 0.05) is 24.5 Å². The Kier molecular flexibility index (Phi) is 4.37. The Morgan fingerprint density at radius 2 is 2.32 bits per heavy atom. The number of alkyl halides is 1. The molecule has 0 saturated heterocycles. The SMILES string of the molecule is CC(C)NC(=O)Cn1c(CCCl)nc2cnccc21. The van der Waals surface area contributed by atoms with E-state index in [4.69, 9.17) is 11.6 Å². The number of halogens is 1. The van der Waals surface area contributed by atoms with E-state index >= 15 is 0 Å². The lowest BCUT2D eigenvalue weighted by Crippen LogP contribution is -2.33. The molecule has 19 heavy (non-hydrogen) atoms. The zero-order valence-corrected chi connectivity index (χ0v) is 11.8. The summed E-state index contributed by atoms with van der Waals surface area (Å²) in [6.45, 7) is 4.13. The second-order valence-corrected chi connectivity index (χ2v) is 5.02. The molecule has 0 aliphatic heterocycles. The highest BCUT2D eigenvalue weighted by molar-refractivity contribution is 6.17. The summed E-state index contributed by atoms with van der Waals surface area (Å²) in [7, 11) is 0. The van der Waals surface area contributed by atoms with Crippen molar-refractivity contribution < 1.29 is 4.79 Å². The van der Waals surface area contributed by atoms with Crippen LogP contribution < -0.4 is 5.32 Å². The van der Waals surface area contributed by atoms with E-state index < -0.39 is 0 Å². The number of aryl methyl sites for hydroxylation is 1. The smallest absolute Gasteiger partial charge is 0.240 e. The molecule has 2 aromatic heterocycles.